The average molecular weight is 323 g/mol. The number of rotatable bonds is 4. The summed E-state index contributed by atoms with van der Waals surface area (Å²) in [4.78, 5) is 5.55. The molecule has 94 valence electrons. The van der Waals surface area contributed by atoms with Crippen molar-refractivity contribution in [2.24, 2.45) is 5.73 Å². The van der Waals surface area contributed by atoms with Crippen molar-refractivity contribution >= 4 is 27.7 Å². The molecule has 0 aliphatic carbocycles. The molecule has 1 aromatic heterocycles. The van der Waals surface area contributed by atoms with Crippen LogP contribution in [0, 0.1) is 0 Å². The number of nitrogens with two attached hydrogens (primary N) is 1. The van der Waals surface area contributed by atoms with Crippen LogP contribution in [0.2, 0.25) is 0 Å². The van der Waals surface area contributed by atoms with Crippen LogP contribution >= 0.6 is 27.7 Å². The van der Waals surface area contributed by atoms with Crippen molar-refractivity contribution in [1.29, 1.82) is 0 Å². The molecule has 0 spiro atoms. The van der Waals surface area contributed by atoms with Crippen LogP contribution in [-0.4, -0.2) is 11.0 Å². The zero-order valence-corrected chi connectivity index (χ0v) is 12.5. The topological polar surface area (TPSA) is 38.9 Å². The maximum Gasteiger partial charge on any atom is 0.101 e. The minimum atomic E-state index is 0.161. The van der Waals surface area contributed by atoms with Crippen molar-refractivity contribution < 1.29 is 0 Å². The first-order valence-electron chi connectivity index (χ1n) is 5.78. The van der Waals surface area contributed by atoms with Crippen molar-refractivity contribution in [3.8, 4) is 0 Å². The molecule has 0 aliphatic heterocycles. The molecule has 0 aliphatic rings. The molecular weight excluding hydrogens is 308 g/mol. The van der Waals surface area contributed by atoms with E-state index in [4.69, 9.17) is 5.73 Å². The van der Waals surface area contributed by atoms with Gasteiger partial charge in [-0.25, -0.2) is 4.98 Å². The third-order valence-electron chi connectivity index (χ3n) is 2.42. The summed E-state index contributed by atoms with van der Waals surface area (Å²) in [6.45, 7) is 2.03. The van der Waals surface area contributed by atoms with Gasteiger partial charge in [-0.1, -0.05) is 39.8 Å². The molecule has 2 aromatic rings. The van der Waals surface area contributed by atoms with E-state index in [1.54, 1.807) is 11.8 Å². The first kappa shape index (κ1) is 13.6. The lowest BCUT2D eigenvalue weighted by Crippen LogP contribution is -2.18. The maximum absolute atomic E-state index is 5.89. The number of hydrogen-bond acceptors (Lipinski definition) is 3. The van der Waals surface area contributed by atoms with Gasteiger partial charge in [0.1, 0.15) is 5.03 Å². The second-order valence-corrected chi connectivity index (χ2v) is 6.18. The fraction of sp³-hybridized carbons (Fsp3) is 0.214. The predicted molar refractivity (Wildman–Crippen MR) is 79.9 cm³/mol. The summed E-state index contributed by atoms with van der Waals surface area (Å²) in [6.07, 6.45) is 2.69. The highest BCUT2D eigenvalue weighted by molar-refractivity contribution is 9.10. The highest BCUT2D eigenvalue weighted by atomic mass is 79.9. The maximum atomic E-state index is 5.89. The van der Waals surface area contributed by atoms with E-state index in [9.17, 15) is 0 Å². The molecule has 0 saturated heterocycles. The molecule has 2 N–H and O–H groups in total. The van der Waals surface area contributed by atoms with Gasteiger partial charge >= 0.3 is 0 Å². The van der Waals surface area contributed by atoms with Gasteiger partial charge in [-0.05, 0) is 43.2 Å². The summed E-state index contributed by atoms with van der Waals surface area (Å²) in [6, 6.07) is 12.4. The number of pyridine rings is 1. The molecule has 0 bridgehead atoms. The van der Waals surface area contributed by atoms with Crippen molar-refractivity contribution in [2.45, 2.75) is 29.3 Å². The molecule has 18 heavy (non-hydrogen) atoms. The van der Waals surface area contributed by atoms with Crippen LogP contribution in [0.3, 0.4) is 0 Å². The Hall–Kier alpha value is -0.840. The molecule has 0 amide bonds. The predicted octanol–water partition coefficient (Wildman–Crippen LogP) is 3.89. The van der Waals surface area contributed by atoms with Gasteiger partial charge in [0.2, 0.25) is 0 Å². The van der Waals surface area contributed by atoms with E-state index >= 15 is 0 Å². The van der Waals surface area contributed by atoms with Gasteiger partial charge in [0.05, 0.1) is 0 Å². The Morgan fingerprint density at radius 1 is 1.33 bits per heavy atom. The zero-order chi connectivity index (χ0) is 13.0. The average Bonchev–Trinajstić information content (AvgIpc) is 2.33. The summed E-state index contributed by atoms with van der Waals surface area (Å²) in [5, 5.41) is 1.00. The van der Waals surface area contributed by atoms with Crippen molar-refractivity contribution in [3.63, 3.8) is 0 Å². The summed E-state index contributed by atoms with van der Waals surface area (Å²) in [5.41, 5.74) is 7.16. The Balaban J connectivity index is 2.27. The molecule has 4 heteroatoms. The third-order valence-corrected chi connectivity index (χ3v) is 3.97. The van der Waals surface area contributed by atoms with E-state index < -0.39 is 0 Å². The molecule has 1 unspecified atom stereocenters. The fourth-order valence-electron chi connectivity index (χ4n) is 1.66. The van der Waals surface area contributed by atoms with Gasteiger partial charge in [0.25, 0.3) is 0 Å². The Labute approximate surface area is 120 Å². The Kier molecular flexibility index (Phi) is 4.80. The number of halogens is 1. The van der Waals surface area contributed by atoms with Gasteiger partial charge < -0.3 is 5.73 Å². The van der Waals surface area contributed by atoms with Crippen LogP contribution in [0.5, 0.6) is 0 Å². The van der Waals surface area contributed by atoms with Crippen LogP contribution in [-0.2, 0) is 6.42 Å². The van der Waals surface area contributed by atoms with Crippen LogP contribution in [0.15, 0.2) is 57.0 Å². The standard InChI is InChI=1S/C14H15BrN2S/c1-10(16)8-11-5-6-12(15)9-13(11)18-14-4-2-3-7-17-14/h2-7,9-10H,8,16H2,1H3. The number of benzene rings is 1. The molecule has 2 rings (SSSR count). The normalized spacial score (nSPS) is 12.4. The third kappa shape index (κ3) is 3.83. The number of nitrogens with zero attached hydrogens (tertiary/aromatic N) is 1. The zero-order valence-electron chi connectivity index (χ0n) is 10.1. The Bertz CT molecular complexity index is 514. The minimum Gasteiger partial charge on any atom is -0.328 e. The lowest BCUT2D eigenvalue weighted by molar-refractivity contribution is 0.729. The lowest BCUT2D eigenvalue weighted by Gasteiger charge is -2.11. The largest absolute Gasteiger partial charge is 0.328 e. The molecule has 0 saturated carbocycles. The van der Waals surface area contributed by atoms with Gasteiger partial charge in [0.15, 0.2) is 0 Å². The van der Waals surface area contributed by atoms with Crippen LogP contribution in [0.4, 0.5) is 0 Å². The van der Waals surface area contributed by atoms with E-state index in [-0.39, 0.29) is 6.04 Å². The summed E-state index contributed by atoms with van der Waals surface area (Å²) in [7, 11) is 0. The van der Waals surface area contributed by atoms with Crippen LogP contribution in [0.25, 0.3) is 0 Å². The SMILES string of the molecule is CC(N)Cc1ccc(Br)cc1Sc1ccccn1. The van der Waals surface area contributed by atoms with E-state index in [0.717, 1.165) is 15.9 Å². The summed E-state index contributed by atoms with van der Waals surface area (Å²) in [5.74, 6) is 0. The van der Waals surface area contributed by atoms with Gasteiger partial charge in [-0.3, -0.25) is 0 Å². The van der Waals surface area contributed by atoms with Crippen LogP contribution in [0.1, 0.15) is 12.5 Å². The van der Waals surface area contributed by atoms with E-state index in [1.165, 1.54) is 10.5 Å². The second-order valence-electron chi connectivity index (χ2n) is 4.20. The van der Waals surface area contributed by atoms with Crippen molar-refractivity contribution in [1.82, 2.24) is 4.98 Å². The summed E-state index contributed by atoms with van der Waals surface area (Å²) >= 11 is 5.18. The molecule has 2 nitrogen and oxygen atoms in total. The molecule has 0 fully saturated rings. The van der Waals surface area contributed by atoms with Gasteiger partial charge in [0, 0.05) is 21.6 Å². The van der Waals surface area contributed by atoms with E-state index in [1.807, 2.05) is 31.3 Å². The highest BCUT2D eigenvalue weighted by Crippen LogP contribution is 2.31. The Morgan fingerprint density at radius 2 is 2.17 bits per heavy atom. The first-order valence-corrected chi connectivity index (χ1v) is 7.39. The molecule has 1 atom stereocenters. The van der Waals surface area contributed by atoms with Crippen LogP contribution < -0.4 is 5.73 Å². The van der Waals surface area contributed by atoms with Crippen molar-refractivity contribution in [3.05, 3.63) is 52.6 Å². The minimum absolute atomic E-state index is 0.161. The second kappa shape index (κ2) is 6.36. The van der Waals surface area contributed by atoms with Gasteiger partial charge in [-0.15, -0.1) is 0 Å². The molecule has 1 aromatic carbocycles. The van der Waals surface area contributed by atoms with Crippen molar-refractivity contribution in [2.75, 3.05) is 0 Å². The number of hydrogen-bond donors (Lipinski definition) is 1. The first-order chi connectivity index (χ1) is 8.65. The quantitative estimate of drug-likeness (QED) is 0.928. The monoisotopic (exact) mass is 322 g/mol. The fourth-order valence-corrected chi connectivity index (χ4v) is 3.13. The smallest absolute Gasteiger partial charge is 0.101 e. The molecule has 0 radical (unpaired) electrons. The lowest BCUT2D eigenvalue weighted by atomic mass is 10.1. The molecule has 1 heterocycles. The Morgan fingerprint density at radius 3 is 2.83 bits per heavy atom. The number of aromatic nitrogens is 1. The van der Waals surface area contributed by atoms with Gasteiger partial charge in [-0.2, -0.15) is 0 Å². The highest BCUT2D eigenvalue weighted by Gasteiger charge is 2.08. The van der Waals surface area contributed by atoms with E-state index in [2.05, 4.69) is 39.1 Å². The summed E-state index contributed by atoms with van der Waals surface area (Å²) < 4.78 is 1.08. The van der Waals surface area contributed by atoms with E-state index in [0.29, 0.717) is 0 Å². The molecular formula is C14H15BrN2S.